The average molecular weight is 324 g/mol. The fourth-order valence-corrected chi connectivity index (χ4v) is 3.94. The first-order chi connectivity index (χ1) is 8.47. The van der Waals surface area contributed by atoms with Crippen LogP contribution in [0, 0.1) is 27.7 Å². The molecule has 1 aromatic carbocycles. The van der Waals surface area contributed by atoms with Gasteiger partial charge >= 0.3 is 0 Å². The second-order valence-corrected chi connectivity index (χ2v) is 7.05. The van der Waals surface area contributed by atoms with Crippen molar-refractivity contribution in [3.8, 4) is 0 Å². The summed E-state index contributed by atoms with van der Waals surface area (Å²) in [6.45, 7) is 9.50. The average Bonchev–Trinajstić information content (AvgIpc) is 2.55. The van der Waals surface area contributed by atoms with Crippen molar-refractivity contribution in [3.05, 3.63) is 49.1 Å². The quantitative estimate of drug-likeness (QED) is 0.802. The van der Waals surface area contributed by atoms with Gasteiger partial charge in [-0.3, -0.25) is 0 Å². The van der Waals surface area contributed by atoms with Crippen LogP contribution < -0.4 is 5.32 Å². The van der Waals surface area contributed by atoms with E-state index in [-0.39, 0.29) is 0 Å². The van der Waals surface area contributed by atoms with Gasteiger partial charge in [-0.2, -0.15) is 0 Å². The van der Waals surface area contributed by atoms with Crippen molar-refractivity contribution >= 4 is 33.0 Å². The maximum Gasteiger partial charge on any atom is 0.0517 e. The van der Waals surface area contributed by atoms with Crippen molar-refractivity contribution in [2.45, 2.75) is 34.2 Å². The molecular formula is C15H18BrNS. The van der Waals surface area contributed by atoms with Gasteiger partial charge in [-0.1, -0.05) is 6.07 Å². The first-order valence-electron chi connectivity index (χ1n) is 6.04. The van der Waals surface area contributed by atoms with Gasteiger partial charge in [0.05, 0.1) is 5.69 Å². The molecule has 0 amide bonds. The predicted molar refractivity (Wildman–Crippen MR) is 84.7 cm³/mol. The molecule has 0 atom stereocenters. The van der Waals surface area contributed by atoms with Crippen LogP contribution in [-0.4, -0.2) is 0 Å². The van der Waals surface area contributed by atoms with Gasteiger partial charge in [0.25, 0.3) is 0 Å². The van der Waals surface area contributed by atoms with E-state index in [1.54, 1.807) is 0 Å². The second kappa shape index (κ2) is 5.45. The minimum absolute atomic E-state index is 0.888. The molecule has 2 rings (SSSR count). The lowest BCUT2D eigenvalue weighted by Crippen LogP contribution is -2.02. The van der Waals surface area contributed by atoms with E-state index in [1.165, 1.54) is 32.1 Å². The van der Waals surface area contributed by atoms with Gasteiger partial charge in [0.1, 0.15) is 0 Å². The van der Waals surface area contributed by atoms with Crippen molar-refractivity contribution in [1.29, 1.82) is 0 Å². The first-order valence-corrected chi connectivity index (χ1v) is 7.65. The van der Waals surface area contributed by atoms with Crippen LogP contribution in [0.25, 0.3) is 0 Å². The van der Waals surface area contributed by atoms with Crippen molar-refractivity contribution in [3.63, 3.8) is 0 Å². The Morgan fingerprint density at radius 1 is 1.11 bits per heavy atom. The molecule has 1 aromatic heterocycles. The maximum absolute atomic E-state index is 3.64. The highest BCUT2D eigenvalue weighted by atomic mass is 79.9. The Kier molecular flexibility index (Phi) is 4.13. The van der Waals surface area contributed by atoms with Crippen LogP contribution in [0.1, 0.15) is 26.4 Å². The molecule has 1 N–H and O–H groups in total. The number of thiophene rings is 1. The normalized spacial score (nSPS) is 10.7. The Morgan fingerprint density at radius 3 is 2.39 bits per heavy atom. The Hall–Kier alpha value is -0.800. The summed E-state index contributed by atoms with van der Waals surface area (Å²) in [4.78, 5) is 2.78. The van der Waals surface area contributed by atoms with E-state index in [2.05, 4.69) is 67.1 Å². The molecule has 1 nitrogen and oxygen atoms in total. The van der Waals surface area contributed by atoms with Crippen LogP contribution in [0.5, 0.6) is 0 Å². The molecule has 0 unspecified atom stereocenters. The van der Waals surface area contributed by atoms with Crippen LogP contribution in [0.3, 0.4) is 0 Å². The highest BCUT2D eigenvalue weighted by molar-refractivity contribution is 9.10. The molecule has 18 heavy (non-hydrogen) atoms. The van der Waals surface area contributed by atoms with E-state index in [4.69, 9.17) is 0 Å². The number of anilines is 1. The lowest BCUT2D eigenvalue weighted by atomic mass is 10.1. The van der Waals surface area contributed by atoms with Gasteiger partial charge in [-0.05, 0) is 72.4 Å². The molecule has 0 radical (unpaired) electrons. The zero-order valence-corrected chi connectivity index (χ0v) is 13.6. The number of aryl methyl sites for hydroxylation is 4. The van der Waals surface area contributed by atoms with Crippen LogP contribution >= 0.6 is 27.3 Å². The lowest BCUT2D eigenvalue weighted by Gasteiger charge is -2.12. The molecule has 0 aliphatic heterocycles. The molecule has 0 aliphatic carbocycles. The van der Waals surface area contributed by atoms with Crippen molar-refractivity contribution in [1.82, 2.24) is 0 Å². The van der Waals surface area contributed by atoms with Gasteiger partial charge in [-0.25, -0.2) is 0 Å². The third-order valence-corrected chi connectivity index (χ3v) is 4.66. The van der Waals surface area contributed by atoms with E-state index in [9.17, 15) is 0 Å². The molecule has 96 valence electrons. The highest BCUT2D eigenvalue weighted by Crippen LogP contribution is 2.29. The summed E-state index contributed by atoms with van der Waals surface area (Å²) in [6.07, 6.45) is 0. The smallest absolute Gasteiger partial charge is 0.0517 e. The minimum atomic E-state index is 0.888. The second-order valence-electron chi connectivity index (χ2n) is 4.73. The molecule has 0 saturated carbocycles. The zero-order valence-electron chi connectivity index (χ0n) is 11.2. The molecule has 1 heterocycles. The summed E-state index contributed by atoms with van der Waals surface area (Å²) in [5.41, 5.74) is 5.16. The van der Waals surface area contributed by atoms with Crippen LogP contribution in [0.4, 0.5) is 5.69 Å². The summed E-state index contributed by atoms with van der Waals surface area (Å²) < 4.78 is 1.14. The predicted octanol–water partition coefficient (Wildman–Crippen LogP) is 5.36. The lowest BCUT2D eigenvalue weighted by molar-refractivity contribution is 1.13. The van der Waals surface area contributed by atoms with Gasteiger partial charge in [0.15, 0.2) is 0 Å². The summed E-state index contributed by atoms with van der Waals surface area (Å²) in [6, 6.07) is 6.63. The standard InChI is InChI=1S/C15H18BrNS/c1-9-5-10(2)15(14(16)6-9)17-8-13-7-11(3)18-12(13)4/h5-7,17H,8H2,1-4H3. The molecule has 2 aromatic rings. The van der Waals surface area contributed by atoms with E-state index in [1.807, 2.05) is 11.3 Å². The zero-order chi connectivity index (χ0) is 13.3. The largest absolute Gasteiger partial charge is 0.380 e. The summed E-state index contributed by atoms with van der Waals surface area (Å²) >= 11 is 5.50. The monoisotopic (exact) mass is 323 g/mol. The summed E-state index contributed by atoms with van der Waals surface area (Å²) in [5.74, 6) is 0. The fourth-order valence-electron chi connectivity index (χ4n) is 2.18. The van der Waals surface area contributed by atoms with Crippen LogP contribution in [0.15, 0.2) is 22.7 Å². The third kappa shape index (κ3) is 2.96. The topological polar surface area (TPSA) is 12.0 Å². The van der Waals surface area contributed by atoms with Crippen molar-refractivity contribution < 1.29 is 0 Å². The summed E-state index contributed by atoms with van der Waals surface area (Å²) in [5, 5.41) is 3.54. The fraction of sp³-hybridized carbons (Fsp3) is 0.333. The van der Waals surface area contributed by atoms with Gasteiger partial charge in [0.2, 0.25) is 0 Å². The number of nitrogens with one attached hydrogen (secondary N) is 1. The Labute approximate surface area is 121 Å². The number of halogens is 1. The van der Waals surface area contributed by atoms with Crippen LogP contribution in [0.2, 0.25) is 0 Å². The van der Waals surface area contributed by atoms with Gasteiger partial charge in [0, 0.05) is 20.8 Å². The van der Waals surface area contributed by atoms with E-state index in [0.29, 0.717) is 0 Å². The third-order valence-electron chi connectivity index (χ3n) is 3.03. The maximum atomic E-state index is 3.64. The Morgan fingerprint density at radius 2 is 1.83 bits per heavy atom. The van der Waals surface area contributed by atoms with Crippen molar-refractivity contribution in [2.24, 2.45) is 0 Å². The van der Waals surface area contributed by atoms with Gasteiger partial charge in [-0.15, -0.1) is 11.3 Å². The number of hydrogen-bond donors (Lipinski definition) is 1. The Balaban J connectivity index is 2.18. The van der Waals surface area contributed by atoms with Gasteiger partial charge < -0.3 is 5.32 Å². The van der Waals surface area contributed by atoms with E-state index in [0.717, 1.165) is 11.0 Å². The molecule has 3 heteroatoms. The van der Waals surface area contributed by atoms with Crippen molar-refractivity contribution in [2.75, 3.05) is 5.32 Å². The van der Waals surface area contributed by atoms with Crippen LogP contribution in [-0.2, 0) is 6.54 Å². The first kappa shape index (κ1) is 13.6. The Bertz CT molecular complexity index is 549. The minimum Gasteiger partial charge on any atom is -0.380 e. The number of hydrogen-bond acceptors (Lipinski definition) is 2. The molecule has 0 spiro atoms. The van der Waals surface area contributed by atoms with E-state index >= 15 is 0 Å². The SMILES string of the molecule is Cc1cc(C)c(NCc2cc(C)sc2C)c(Br)c1. The summed E-state index contributed by atoms with van der Waals surface area (Å²) in [7, 11) is 0. The van der Waals surface area contributed by atoms with E-state index < -0.39 is 0 Å². The molecule has 0 bridgehead atoms. The number of rotatable bonds is 3. The molecule has 0 aliphatic rings. The highest BCUT2D eigenvalue weighted by Gasteiger charge is 2.07. The molecular weight excluding hydrogens is 306 g/mol. The number of benzene rings is 1. The molecule has 0 fully saturated rings. The molecule has 0 saturated heterocycles.